The zero-order valence-electron chi connectivity index (χ0n) is 8.80. The molecule has 0 aliphatic carbocycles. The number of rotatable bonds is 3. The number of nitrogens with one attached hydrogen (secondary N) is 1. The van der Waals surface area contributed by atoms with E-state index in [1.807, 2.05) is 12.1 Å². The Balaban J connectivity index is 1.97. The summed E-state index contributed by atoms with van der Waals surface area (Å²) in [4.78, 5) is 15.6. The molecule has 2 rings (SSSR count). The molecule has 16 heavy (non-hydrogen) atoms. The van der Waals surface area contributed by atoms with Crippen LogP contribution >= 0.6 is 0 Å². The largest absolute Gasteiger partial charge is 0.361 e. The van der Waals surface area contributed by atoms with Crippen LogP contribution in [0.15, 0.2) is 35.2 Å². The molecule has 0 saturated heterocycles. The first-order valence-electron chi connectivity index (χ1n) is 4.86. The number of hydrogen-bond acceptors (Lipinski definition) is 4. The summed E-state index contributed by atoms with van der Waals surface area (Å²) in [7, 11) is 0. The summed E-state index contributed by atoms with van der Waals surface area (Å²) >= 11 is 0. The van der Waals surface area contributed by atoms with E-state index >= 15 is 0 Å². The molecule has 0 aliphatic rings. The Morgan fingerprint density at radius 2 is 2.38 bits per heavy atom. The van der Waals surface area contributed by atoms with Crippen LogP contribution in [0.1, 0.15) is 21.7 Å². The summed E-state index contributed by atoms with van der Waals surface area (Å²) in [5.74, 6) is 0.325. The molecule has 0 spiro atoms. The molecule has 1 N–H and O–H groups in total. The van der Waals surface area contributed by atoms with Crippen LogP contribution < -0.4 is 5.32 Å². The van der Waals surface area contributed by atoms with Gasteiger partial charge in [0.05, 0.1) is 6.20 Å². The quantitative estimate of drug-likeness (QED) is 0.841. The second-order valence-electron chi connectivity index (χ2n) is 3.34. The van der Waals surface area contributed by atoms with Crippen molar-refractivity contribution in [2.24, 2.45) is 0 Å². The predicted molar refractivity (Wildman–Crippen MR) is 56.6 cm³/mol. The monoisotopic (exact) mass is 217 g/mol. The Labute approximate surface area is 92.5 Å². The second-order valence-corrected chi connectivity index (χ2v) is 3.34. The third kappa shape index (κ3) is 2.25. The lowest BCUT2D eigenvalue weighted by atomic mass is 10.2. The molecule has 2 aromatic rings. The minimum Gasteiger partial charge on any atom is -0.361 e. The van der Waals surface area contributed by atoms with Gasteiger partial charge in [-0.15, -0.1) is 0 Å². The summed E-state index contributed by atoms with van der Waals surface area (Å²) in [5.41, 5.74) is 1.41. The third-order valence-corrected chi connectivity index (χ3v) is 2.17. The van der Waals surface area contributed by atoms with Crippen molar-refractivity contribution in [1.82, 2.24) is 15.5 Å². The fourth-order valence-corrected chi connectivity index (χ4v) is 1.30. The number of aryl methyl sites for hydroxylation is 1. The first kappa shape index (κ1) is 10.4. The van der Waals surface area contributed by atoms with Gasteiger partial charge >= 0.3 is 0 Å². The lowest BCUT2D eigenvalue weighted by Gasteiger charge is -2.02. The summed E-state index contributed by atoms with van der Waals surface area (Å²) < 4.78 is 4.81. The minimum absolute atomic E-state index is 0.192. The van der Waals surface area contributed by atoms with E-state index in [-0.39, 0.29) is 5.91 Å². The van der Waals surface area contributed by atoms with Crippen LogP contribution in [-0.4, -0.2) is 16.0 Å². The zero-order valence-corrected chi connectivity index (χ0v) is 8.80. The number of aromatic nitrogens is 2. The van der Waals surface area contributed by atoms with Gasteiger partial charge < -0.3 is 9.84 Å². The Bertz CT molecular complexity index is 479. The molecule has 0 aliphatic heterocycles. The molecule has 2 heterocycles. The van der Waals surface area contributed by atoms with Crippen LogP contribution in [0.5, 0.6) is 0 Å². The van der Waals surface area contributed by atoms with E-state index < -0.39 is 0 Å². The number of carbonyl (C=O) groups is 1. The van der Waals surface area contributed by atoms with Gasteiger partial charge in [0.2, 0.25) is 0 Å². The fourth-order valence-electron chi connectivity index (χ4n) is 1.30. The van der Waals surface area contributed by atoms with Crippen LogP contribution in [0.25, 0.3) is 0 Å². The summed E-state index contributed by atoms with van der Waals surface area (Å²) in [6.07, 6.45) is 4.81. The standard InChI is InChI=1S/C11H11N3O2/c1-8-10(7-14-16-8)11(15)13-6-9-3-2-4-12-5-9/h2-5,7H,6H2,1H3,(H,13,15). The third-order valence-electron chi connectivity index (χ3n) is 2.17. The van der Waals surface area contributed by atoms with E-state index in [0.717, 1.165) is 5.56 Å². The highest BCUT2D eigenvalue weighted by molar-refractivity contribution is 5.94. The average Bonchev–Trinajstić information content (AvgIpc) is 2.74. The van der Waals surface area contributed by atoms with Gasteiger partial charge in [-0.1, -0.05) is 11.2 Å². The maximum atomic E-state index is 11.7. The molecular formula is C11H11N3O2. The van der Waals surface area contributed by atoms with E-state index in [1.54, 1.807) is 19.3 Å². The van der Waals surface area contributed by atoms with Crippen molar-refractivity contribution in [2.75, 3.05) is 0 Å². The molecule has 0 radical (unpaired) electrons. The van der Waals surface area contributed by atoms with Crippen molar-refractivity contribution in [3.05, 3.63) is 47.6 Å². The molecule has 0 bridgehead atoms. The van der Waals surface area contributed by atoms with Crippen LogP contribution in [0.3, 0.4) is 0 Å². The highest BCUT2D eigenvalue weighted by Crippen LogP contribution is 2.05. The fraction of sp³-hybridized carbons (Fsp3) is 0.182. The normalized spacial score (nSPS) is 10.1. The van der Waals surface area contributed by atoms with Crippen molar-refractivity contribution in [1.29, 1.82) is 0 Å². The van der Waals surface area contributed by atoms with Gasteiger partial charge in [-0.3, -0.25) is 9.78 Å². The van der Waals surface area contributed by atoms with Crippen molar-refractivity contribution in [2.45, 2.75) is 13.5 Å². The number of hydrogen-bond donors (Lipinski definition) is 1. The molecule has 0 fully saturated rings. The number of carbonyl (C=O) groups excluding carboxylic acids is 1. The summed E-state index contributed by atoms with van der Waals surface area (Å²) in [5, 5.41) is 6.31. The first-order valence-corrected chi connectivity index (χ1v) is 4.86. The molecule has 0 saturated carbocycles. The molecule has 1 amide bonds. The average molecular weight is 217 g/mol. The van der Waals surface area contributed by atoms with Gasteiger partial charge in [-0.2, -0.15) is 0 Å². The Hall–Kier alpha value is -2.17. The second kappa shape index (κ2) is 4.57. The molecule has 2 aromatic heterocycles. The van der Waals surface area contributed by atoms with Crippen molar-refractivity contribution >= 4 is 5.91 Å². The molecular weight excluding hydrogens is 206 g/mol. The Morgan fingerprint density at radius 1 is 1.50 bits per heavy atom. The number of nitrogens with zero attached hydrogens (tertiary/aromatic N) is 2. The lowest BCUT2D eigenvalue weighted by Crippen LogP contribution is -2.22. The van der Waals surface area contributed by atoms with Crippen LogP contribution in [0.2, 0.25) is 0 Å². The zero-order chi connectivity index (χ0) is 11.4. The molecule has 0 unspecified atom stereocenters. The van der Waals surface area contributed by atoms with Crippen molar-refractivity contribution < 1.29 is 9.32 Å². The predicted octanol–water partition coefficient (Wildman–Crippen LogP) is 1.31. The number of amides is 1. The highest BCUT2D eigenvalue weighted by atomic mass is 16.5. The summed E-state index contributed by atoms with van der Waals surface area (Å²) in [6, 6.07) is 3.72. The van der Waals surface area contributed by atoms with E-state index in [2.05, 4.69) is 15.5 Å². The molecule has 0 atom stereocenters. The van der Waals surface area contributed by atoms with E-state index in [1.165, 1.54) is 6.20 Å². The van der Waals surface area contributed by atoms with Gasteiger partial charge in [0, 0.05) is 18.9 Å². The Kier molecular flexibility index (Phi) is 2.95. The van der Waals surface area contributed by atoms with Crippen molar-refractivity contribution in [3.63, 3.8) is 0 Å². The first-order chi connectivity index (χ1) is 7.77. The SMILES string of the molecule is Cc1oncc1C(=O)NCc1cccnc1. The van der Waals surface area contributed by atoms with Crippen molar-refractivity contribution in [3.8, 4) is 0 Å². The highest BCUT2D eigenvalue weighted by Gasteiger charge is 2.11. The molecule has 82 valence electrons. The van der Waals surface area contributed by atoms with E-state index in [4.69, 9.17) is 4.52 Å². The smallest absolute Gasteiger partial charge is 0.256 e. The molecule has 0 aromatic carbocycles. The molecule has 5 heteroatoms. The molecule has 5 nitrogen and oxygen atoms in total. The van der Waals surface area contributed by atoms with Gasteiger partial charge in [0.25, 0.3) is 5.91 Å². The maximum absolute atomic E-state index is 11.7. The minimum atomic E-state index is -0.192. The van der Waals surface area contributed by atoms with Crippen LogP contribution in [0, 0.1) is 6.92 Å². The van der Waals surface area contributed by atoms with Crippen LogP contribution in [-0.2, 0) is 6.54 Å². The topological polar surface area (TPSA) is 68.0 Å². The lowest BCUT2D eigenvalue weighted by molar-refractivity contribution is 0.0949. The van der Waals surface area contributed by atoms with E-state index in [9.17, 15) is 4.79 Å². The Morgan fingerprint density at radius 3 is 3.00 bits per heavy atom. The maximum Gasteiger partial charge on any atom is 0.256 e. The van der Waals surface area contributed by atoms with Gasteiger partial charge in [0.1, 0.15) is 11.3 Å². The van der Waals surface area contributed by atoms with Gasteiger partial charge in [-0.25, -0.2) is 0 Å². The van der Waals surface area contributed by atoms with E-state index in [0.29, 0.717) is 17.9 Å². The van der Waals surface area contributed by atoms with Crippen LogP contribution in [0.4, 0.5) is 0 Å². The number of pyridine rings is 1. The summed E-state index contributed by atoms with van der Waals surface area (Å²) in [6.45, 7) is 2.14. The van der Waals surface area contributed by atoms with Gasteiger partial charge in [-0.05, 0) is 18.6 Å². The van der Waals surface area contributed by atoms with Gasteiger partial charge in [0.15, 0.2) is 0 Å².